The van der Waals surface area contributed by atoms with Crippen LogP contribution in [0.4, 0.5) is 11.4 Å². The summed E-state index contributed by atoms with van der Waals surface area (Å²) in [6.07, 6.45) is 19.6. The van der Waals surface area contributed by atoms with E-state index in [2.05, 4.69) is 201 Å². The van der Waals surface area contributed by atoms with Crippen molar-refractivity contribution in [1.82, 2.24) is 4.57 Å². The van der Waals surface area contributed by atoms with Crippen LogP contribution in [0.25, 0.3) is 39.4 Å². The molecular weight excluding hydrogens is 665 g/mol. The molecule has 0 spiro atoms. The normalized spacial score (nSPS) is 20.7. The van der Waals surface area contributed by atoms with Gasteiger partial charge in [-0.1, -0.05) is 143 Å². The molecule has 55 heavy (non-hydrogen) atoms. The minimum atomic E-state index is -0.0672. The Balaban J connectivity index is 1.05. The van der Waals surface area contributed by atoms with E-state index in [9.17, 15) is 0 Å². The van der Waals surface area contributed by atoms with E-state index in [1.807, 2.05) is 0 Å². The van der Waals surface area contributed by atoms with Gasteiger partial charge in [-0.2, -0.15) is 0 Å². The zero-order valence-electron chi connectivity index (χ0n) is 32.3. The van der Waals surface area contributed by atoms with E-state index in [0.29, 0.717) is 17.8 Å². The van der Waals surface area contributed by atoms with Gasteiger partial charge >= 0.3 is 0 Å². The first-order valence-corrected chi connectivity index (χ1v) is 20.1. The maximum atomic E-state index is 2.53. The van der Waals surface area contributed by atoms with Crippen LogP contribution in [0.2, 0.25) is 0 Å². The van der Waals surface area contributed by atoms with Crippen LogP contribution in [0.5, 0.6) is 0 Å². The summed E-state index contributed by atoms with van der Waals surface area (Å²) in [6.45, 7) is 9.48. The molecule has 4 aliphatic rings. The van der Waals surface area contributed by atoms with Crippen LogP contribution in [-0.2, 0) is 11.8 Å². The number of fused-ring (bicyclic) bond motifs is 6. The van der Waals surface area contributed by atoms with Gasteiger partial charge in [0.25, 0.3) is 0 Å². The van der Waals surface area contributed by atoms with Gasteiger partial charge in [-0.25, -0.2) is 0 Å². The summed E-state index contributed by atoms with van der Waals surface area (Å²) < 4.78 is 2.48. The van der Waals surface area contributed by atoms with Gasteiger partial charge in [-0.15, -0.1) is 0 Å². The van der Waals surface area contributed by atoms with E-state index in [0.717, 1.165) is 19.3 Å². The number of hydrogen-bond acceptors (Lipinski definition) is 1. The average Bonchev–Trinajstić information content (AvgIpc) is 3.66. The second-order valence-electron chi connectivity index (χ2n) is 16.7. The summed E-state index contributed by atoms with van der Waals surface area (Å²) in [6, 6.07) is 45.3. The van der Waals surface area contributed by atoms with Crippen LogP contribution in [0.15, 0.2) is 169 Å². The molecule has 2 nitrogen and oxygen atoms in total. The molecule has 3 unspecified atom stereocenters. The number of benzene rings is 5. The van der Waals surface area contributed by atoms with Gasteiger partial charge in [0.05, 0.1) is 5.52 Å². The molecule has 0 saturated carbocycles. The molecule has 1 heterocycles. The summed E-state index contributed by atoms with van der Waals surface area (Å²) in [5, 5.41) is 1.32. The molecule has 0 bridgehead atoms. The van der Waals surface area contributed by atoms with Gasteiger partial charge in [-0.3, -0.25) is 0 Å². The molecule has 270 valence electrons. The molecule has 6 aromatic rings. The molecule has 0 radical (unpaired) electrons. The first kappa shape index (κ1) is 33.7. The number of rotatable bonds is 6. The fraction of sp³-hybridized carbons (Fsp3) is 0.208. The Bertz CT molecular complexity index is 2620. The standard InChI is InChI=1S/C53H48N2/c1-35-14-12-15-38(30-35)39-16-13-19-42(32-39)54(43-28-29-45-44-20-8-10-22-49(44)53(3,4)50(45)33-43)41-26-24-37(25-27-41)47-34-48-46-21-9-11-23-51(46)55(52(48)31-36(47)2)40-17-6-5-7-18-40/h5-29,33-36,39H,30-32H2,1-4H3. The molecule has 0 fully saturated rings. The number of nitrogens with zero attached hydrogens (tertiary/aromatic N) is 2. The average molecular weight is 713 g/mol. The zero-order valence-corrected chi connectivity index (χ0v) is 32.3. The minimum absolute atomic E-state index is 0.0672. The number of aromatic nitrogens is 1. The third-order valence-electron chi connectivity index (χ3n) is 12.8. The van der Waals surface area contributed by atoms with Crippen molar-refractivity contribution < 1.29 is 0 Å². The molecular formula is C53H48N2. The molecule has 0 saturated heterocycles. The smallest absolute Gasteiger partial charge is 0.0537 e. The second kappa shape index (κ2) is 13.2. The second-order valence-corrected chi connectivity index (χ2v) is 16.7. The van der Waals surface area contributed by atoms with E-state index in [1.165, 1.54) is 83.9 Å². The van der Waals surface area contributed by atoms with E-state index < -0.39 is 0 Å². The van der Waals surface area contributed by atoms with Gasteiger partial charge < -0.3 is 9.47 Å². The highest BCUT2D eigenvalue weighted by Crippen LogP contribution is 2.51. The van der Waals surface area contributed by atoms with Gasteiger partial charge in [0.15, 0.2) is 0 Å². The summed E-state index contributed by atoms with van der Waals surface area (Å²) in [7, 11) is 0. The molecule has 4 aliphatic carbocycles. The highest BCUT2D eigenvalue weighted by molar-refractivity contribution is 5.99. The molecule has 10 rings (SSSR count). The lowest BCUT2D eigenvalue weighted by Gasteiger charge is -2.34. The van der Waals surface area contributed by atoms with E-state index in [4.69, 9.17) is 0 Å². The summed E-state index contributed by atoms with van der Waals surface area (Å²) in [5.74, 6) is 1.35. The Morgan fingerprint density at radius 1 is 0.655 bits per heavy atom. The largest absolute Gasteiger partial charge is 0.314 e. The third-order valence-corrected chi connectivity index (χ3v) is 12.8. The van der Waals surface area contributed by atoms with E-state index in [-0.39, 0.29) is 5.41 Å². The number of allylic oxidation sites excluding steroid dienone is 9. The Hall–Kier alpha value is -5.86. The van der Waals surface area contributed by atoms with Crippen LogP contribution in [0.3, 0.4) is 0 Å². The van der Waals surface area contributed by atoms with Gasteiger partial charge in [0.2, 0.25) is 0 Å². The predicted molar refractivity (Wildman–Crippen MR) is 233 cm³/mol. The molecule has 5 aromatic carbocycles. The van der Waals surface area contributed by atoms with E-state index in [1.54, 1.807) is 0 Å². The van der Waals surface area contributed by atoms with Crippen molar-refractivity contribution in [2.75, 3.05) is 4.90 Å². The highest BCUT2D eigenvalue weighted by atomic mass is 15.1. The monoisotopic (exact) mass is 712 g/mol. The molecule has 0 amide bonds. The van der Waals surface area contributed by atoms with Crippen molar-refractivity contribution in [3.8, 4) is 16.8 Å². The van der Waals surface area contributed by atoms with Crippen molar-refractivity contribution in [1.29, 1.82) is 0 Å². The van der Waals surface area contributed by atoms with Crippen molar-refractivity contribution in [2.24, 2.45) is 17.8 Å². The van der Waals surface area contributed by atoms with Crippen molar-refractivity contribution in [2.45, 2.75) is 52.4 Å². The first-order valence-electron chi connectivity index (χ1n) is 20.1. The van der Waals surface area contributed by atoms with E-state index >= 15 is 0 Å². The van der Waals surface area contributed by atoms with Crippen LogP contribution >= 0.6 is 0 Å². The lowest BCUT2D eigenvalue weighted by atomic mass is 9.81. The lowest BCUT2D eigenvalue weighted by molar-refractivity contribution is 0.614. The summed E-state index contributed by atoms with van der Waals surface area (Å²) in [4.78, 5) is 2.53. The lowest BCUT2D eigenvalue weighted by Crippen LogP contribution is -2.22. The Morgan fingerprint density at radius 2 is 1.38 bits per heavy atom. The fourth-order valence-corrected chi connectivity index (χ4v) is 9.97. The number of para-hydroxylation sites is 2. The minimum Gasteiger partial charge on any atom is -0.314 e. The van der Waals surface area contributed by atoms with Gasteiger partial charge in [-0.05, 0) is 119 Å². The van der Waals surface area contributed by atoms with Gasteiger partial charge in [0, 0.05) is 50.7 Å². The summed E-state index contributed by atoms with van der Waals surface area (Å²) >= 11 is 0. The predicted octanol–water partition coefficient (Wildman–Crippen LogP) is 13.8. The van der Waals surface area contributed by atoms with Crippen LogP contribution < -0.4 is 4.90 Å². The summed E-state index contributed by atoms with van der Waals surface area (Å²) in [5.41, 5.74) is 18.7. The Labute approximate surface area is 326 Å². The van der Waals surface area contributed by atoms with Crippen LogP contribution in [0, 0.1) is 17.8 Å². The Morgan fingerprint density at radius 3 is 2.22 bits per heavy atom. The highest BCUT2D eigenvalue weighted by Gasteiger charge is 2.36. The zero-order chi connectivity index (χ0) is 37.3. The third kappa shape index (κ3) is 5.61. The molecule has 0 N–H and O–H groups in total. The number of anilines is 2. The molecule has 1 aromatic heterocycles. The number of hydrogen-bond donors (Lipinski definition) is 0. The molecule has 2 heteroatoms. The van der Waals surface area contributed by atoms with Crippen LogP contribution in [-0.4, -0.2) is 4.57 Å². The van der Waals surface area contributed by atoms with Crippen molar-refractivity contribution >= 4 is 33.9 Å². The van der Waals surface area contributed by atoms with Crippen molar-refractivity contribution in [3.05, 3.63) is 197 Å². The van der Waals surface area contributed by atoms with Crippen molar-refractivity contribution in [3.63, 3.8) is 0 Å². The molecule has 0 aliphatic heterocycles. The molecule has 3 atom stereocenters. The van der Waals surface area contributed by atoms with Gasteiger partial charge in [0.1, 0.15) is 0 Å². The quantitative estimate of drug-likeness (QED) is 0.167. The fourth-order valence-electron chi connectivity index (χ4n) is 9.97. The van der Waals surface area contributed by atoms with Crippen LogP contribution in [0.1, 0.15) is 68.5 Å². The maximum absolute atomic E-state index is 2.53. The topological polar surface area (TPSA) is 8.17 Å². The maximum Gasteiger partial charge on any atom is 0.0537 e. The Kier molecular flexibility index (Phi) is 8.06. The first-order chi connectivity index (χ1) is 26.8. The SMILES string of the molecule is CC1C=CC=C(C2C=CC=C(N(c3ccc(C4=Cc5c(n(-c6ccccc6)c6ccccc56)CC4C)cc3)c3ccc4c(c3)C(C)(C)c3ccccc3-4)C2)C1.